The summed E-state index contributed by atoms with van der Waals surface area (Å²) >= 11 is 5.66. The molecule has 1 atom stereocenters. The number of halogens is 3. The maximum atomic E-state index is 12.9. The minimum Gasteiger partial charge on any atom is -0.350 e. The quantitative estimate of drug-likeness (QED) is 0.817. The third-order valence-corrected chi connectivity index (χ3v) is 2.56. The molecule has 0 aliphatic rings. The Hall–Kier alpha value is -1.16. The van der Waals surface area contributed by atoms with Gasteiger partial charge in [0.2, 0.25) is 0 Å². The molecule has 1 rings (SSSR count). The van der Waals surface area contributed by atoms with Crippen LogP contribution in [0.3, 0.4) is 0 Å². The largest absolute Gasteiger partial charge is 0.350 e. The summed E-state index contributed by atoms with van der Waals surface area (Å²) in [5.41, 5.74) is -0.0548. The molecule has 16 heavy (non-hydrogen) atoms. The number of carbonyl (C=O) groups excluding carboxylic acids is 1. The zero-order valence-electron chi connectivity index (χ0n) is 8.98. The maximum Gasteiger partial charge on any atom is 0.253 e. The van der Waals surface area contributed by atoms with Crippen molar-refractivity contribution in [3.8, 4) is 0 Å². The molecule has 2 nitrogen and oxygen atoms in total. The zero-order chi connectivity index (χ0) is 12.3. The van der Waals surface area contributed by atoms with Gasteiger partial charge in [-0.25, -0.2) is 8.78 Å². The molecule has 0 fully saturated rings. The van der Waals surface area contributed by atoms with E-state index < -0.39 is 17.5 Å². The fraction of sp³-hybridized carbons (Fsp3) is 0.364. The van der Waals surface area contributed by atoms with Gasteiger partial charge in [0.25, 0.3) is 5.91 Å². The Morgan fingerprint density at radius 1 is 1.44 bits per heavy atom. The van der Waals surface area contributed by atoms with Gasteiger partial charge >= 0.3 is 0 Å². The first-order valence-electron chi connectivity index (χ1n) is 4.91. The van der Waals surface area contributed by atoms with E-state index in [-0.39, 0.29) is 16.6 Å². The third-order valence-electron chi connectivity index (χ3n) is 2.24. The molecule has 0 saturated carbocycles. The molecule has 1 amide bonds. The van der Waals surface area contributed by atoms with Gasteiger partial charge in [0.05, 0.1) is 10.6 Å². The first-order chi connectivity index (χ1) is 7.45. The second-order valence-electron chi connectivity index (χ2n) is 3.53. The van der Waals surface area contributed by atoms with Crippen LogP contribution in [0.1, 0.15) is 30.6 Å². The van der Waals surface area contributed by atoms with Gasteiger partial charge in [-0.3, -0.25) is 4.79 Å². The van der Waals surface area contributed by atoms with Crippen molar-refractivity contribution in [1.29, 1.82) is 0 Å². The first kappa shape index (κ1) is 12.9. The van der Waals surface area contributed by atoms with Crippen LogP contribution in [0.25, 0.3) is 0 Å². The van der Waals surface area contributed by atoms with Crippen molar-refractivity contribution in [2.75, 3.05) is 0 Å². The molecule has 0 aliphatic heterocycles. The predicted molar refractivity (Wildman–Crippen MR) is 58.6 cm³/mol. The van der Waals surface area contributed by atoms with Gasteiger partial charge in [-0.2, -0.15) is 0 Å². The van der Waals surface area contributed by atoms with E-state index in [9.17, 15) is 13.6 Å². The Labute approximate surface area is 97.6 Å². The zero-order valence-corrected chi connectivity index (χ0v) is 9.74. The highest BCUT2D eigenvalue weighted by atomic mass is 35.5. The Morgan fingerprint density at radius 3 is 2.56 bits per heavy atom. The van der Waals surface area contributed by atoms with Crippen molar-refractivity contribution < 1.29 is 13.6 Å². The van der Waals surface area contributed by atoms with E-state index in [2.05, 4.69) is 5.32 Å². The molecule has 1 aromatic rings. The Morgan fingerprint density at radius 2 is 2.00 bits per heavy atom. The van der Waals surface area contributed by atoms with Crippen LogP contribution in [0.4, 0.5) is 8.78 Å². The Kier molecular flexibility index (Phi) is 4.24. The average molecular weight is 248 g/mol. The summed E-state index contributed by atoms with van der Waals surface area (Å²) in [5, 5.41) is 2.52. The fourth-order valence-corrected chi connectivity index (χ4v) is 1.34. The van der Waals surface area contributed by atoms with Crippen molar-refractivity contribution in [3.05, 3.63) is 34.4 Å². The summed E-state index contributed by atoms with van der Waals surface area (Å²) in [5.74, 6) is -2.65. The van der Waals surface area contributed by atoms with Gasteiger partial charge in [0.1, 0.15) is 0 Å². The molecule has 0 aliphatic carbocycles. The lowest BCUT2D eigenvalue weighted by Crippen LogP contribution is -2.32. The number of hydrogen-bond donors (Lipinski definition) is 1. The van der Waals surface area contributed by atoms with Gasteiger partial charge in [0.15, 0.2) is 11.6 Å². The van der Waals surface area contributed by atoms with E-state index in [1.165, 1.54) is 0 Å². The summed E-state index contributed by atoms with van der Waals surface area (Å²) in [6.07, 6.45) is 0.743. The first-order valence-corrected chi connectivity index (χ1v) is 5.29. The fourth-order valence-electron chi connectivity index (χ4n) is 1.10. The van der Waals surface area contributed by atoms with Crippen LogP contribution in [0.15, 0.2) is 12.1 Å². The van der Waals surface area contributed by atoms with Crippen LogP contribution in [0.2, 0.25) is 5.02 Å². The molecule has 1 unspecified atom stereocenters. The lowest BCUT2D eigenvalue weighted by Gasteiger charge is -2.12. The molecular formula is C11H12ClF2NO. The van der Waals surface area contributed by atoms with E-state index >= 15 is 0 Å². The van der Waals surface area contributed by atoms with Gasteiger partial charge in [-0.1, -0.05) is 18.5 Å². The monoisotopic (exact) mass is 247 g/mol. The summed E-state index contributed by atoms with van der Waals surface area (Å²) in [4.78, 5) is 11.6. The van der Waals surface area contributed by atoms with E-state index in [4.69, 9.17) is 11.6 Å². The highest BCUT2D eigenvalue weighted by molar-refractivity contribution is 6.33. The highest BCUT2D eigenvalue weighted by Gasteiger charge is 2.15. The van der Waals surface area contributed by atoms with E-state index in [1.54, 1.807) is 0 Å². The summed E-state index contributed by atoms with van der Waals surface area (Å²) in [7, 11) is 0. The topological polar surface area (TPSA) is 29.1 Å². The molecule has 5 heteroatoms. The van der Waals surface area contributed by atoms with Crippen LogP contribution in [0, 0.1) is 11.6 Å². The van der Waals surface area contributed by atoms with E-state index in [1.807, 2.05) is 13.8 Å². The number of nitrogens with one attached hydrogen (secondary N) is 1. The molecule has 1 N–H and O–H groups in total. The number of rotatable bonds is 3. The highest BCUT2D eigenvalue weighted by Crippen LogP contribution is 2.20. The molecule has 88 valence electrons. The summed E-state index contributed by atoms with van der Waals surface area (Å²) < 4.78 is 25.7. The van der Waals surface area contributed by atoms with Gasteiger partial charge in [0, 0.05) is 6.04 Å². The van der Waals surface area contributed by atoms with Crippen molar-refractivity contribution >= 4 is 17.5 Å². The second kappa shape index (κ2) is 5.25. The van der Waals surface area contributed by atoms with Gasteiger partial charge in [-0.15, -0.1) is 0 Å². The molecular weight excluding hydrogens is 236 g/mol. The maximum absolute atomic E-state index is 12.9. The Balaban J connectivity index is 2.96. The average Bonchev–Trinajstić information content (AvgIpc) is 2.23. The molecule has 1 aromatic carbocycles. The van der Waals surface area contributed by atoms with Crippen LogP contribution in [0.5, 0.6) is 0 Å². The SMILES string of the molecule is CCC(C)NC(=O)c1cc(F)c(F)cc1Cl. The molecule has 0 spiro atoms. The predicted octanol–water partition coefficient (Wildman–Crippen LogP) is 3.15. The summed E-state index contributed by atoms with van der Waals surface area (Å²) in [6.45, 7) is 3.71. The molecule has 0 bridgehead atoms. The van der Waals surface area contributed by atoms with Crippen LogP contribution >= 0.6 is 11.6 Å². The standard InChI is InChI=1S/C11H12ClF2NO/c1-3-6(2)15-11(16)7-4-9(13)10(14)5-8(7)12/h4-6H,3H2,1-2H3,(H,15,16). The van der Waals surface area contributed by atoms with Crippen LogP contribution in [-0.4, -0.2) is 11.9 Å². The minimum atomic E-state index is -1.08. The smallest absolute Gasteiger partial charge is 0.253 e. The van der Waals surface area contributed by atoms with Gasteiger partial charge < -0.3 is 5.32 Å². The number of carbonyl (C=O) groups is 1. The minimum absolute atomic E-state index is 0.0447. The number of hydrogen-bond acceptors (Lipinski definition) is 1. The number of amides is 1. The third kappa shape index (κ3) is 2.92. The van der Waals surface area contributed by atoms with E-state index in [0.717, 1.165) is 18.6 Å². The van der Waals surface area contributed by atoms with Crippen molar-refractivity contribution in [2.45, 2.75) is 26.3 Å². The normalized spacial score (nSPS) is 12.3. The summed E-state index contributed by atoms with van der Waals surface area (Å²) in [6, 6.07) is 1.55. The second-order valence-corrected chi connectivity index (χ2v) is 3.94. The van der Waals surface area contributed by atoms with Crippen molar-refractivity contribution in [1.82, 2.24) is 5.32 Å². The van der Waals surface area contributed by atoms with E-state index in [0.29, 0.717) is 0 Å². The van der Waals surface area contributed by atoms with Crippen molar-refractivity contribution in [3.63, 3.8) is 0 Å². The van der Waals surface area contributed by atoms with Crippen molar-refractivity contribution in [2.24, 2.45) is 0 Å². The lowest BCUT2D eigenvalue weighted by molar-refractivity contribution is 0.0939. The number of benzene rings is 1. The lowest BCUT2D eigenvalue weighted by atomic mass is 10.1. The Bertz CT molecular complexity index is 409. The van der Waals surface area contributed by atoms with Crippen LogP contribution in [-0.2, 0) is 0 Å². The van der Waals surface area contributed by atoms with Crippen LogP contribution < -0.4 is 5.32 Å². The molecule has 0 radical (unpaired) electrons. The molecule has 0 aromatic heterocycles. The van der Waals surface area contributed by atoms with Gasteiger partial charge in [-0.05, 0) is 25.5 Å². The molecule has 0 saturated heterocycles. The molecule has 0 heterocycles.